The molecule has 272 valence electrons. The number of hydrogen-bond acceptors (Lipinski definition) is 2. The van der Waals surface area contributed by atoms with Gasteiger partial charge in [0.2, 0.25) is 0 Å². The van der Waals surface area contributed by atoms with Crippen LogP contribution in [0.2, 0.25) is 0 Å². The molecule has 11 rings (SSSR count). The summed E-state index contributed by atoms with van der Waals surface area (Å²) in [4.78, 5) is 0.916. The Morgan fingerprint density at radius 1 is 0.345 bits per heavy atom. The van der Waals surface area contributed by atoms with Gasteiger partial charge in [0.1, 0.15) is 0 Å². The summed E-state index contributed by atoms with van der Waals surface area (Å²) in [5.74, 6) is 0. The molecule has 0 radical (unpaired) electrons. The lowest BCUT2D eigenvalue weighted by Gasteiger charge is -2.26. The summed E-state index contributed by atoms with van der Waals surface area (Å²) in [6.45, 7) is 0. The molecule has 0 bridgehead atoms. The molecule has 1 nitrogen and oxygen atoms in total. The van der Waals surface area contributed by atoms with Crippen LogP contribution in [-0.2, 0) is 0 Å². The van der Waals surface area contributed by atoms with Gasteiger partial charge in [0.25, 0.3) is 0 Å². The predicted octanol–water partition coefficient (Wildman–Crippen LogP) is 16.5. The number of anilines is 3. The van der Waals surface area contributed by atoms with Crippen molar-refractivity contribution >= 4 is 70.1 Å². The van der Waals surface area contributed by atoms with Gasteiger partial charge in [-0.1, -0.05) is 176 Å². The summed E-state index contributed by atoms with van der Waals surface area (Å²) in [7, 11) is 0. The minimum absolute atomic E-state index is 0.0334. The second-order valence-electron chi connectivity index (χ2n) is 13.9. The van der Waals surface area contributed by atoms with Gasteiger partial charge in [0.05, 0.1) is 16.4 Å². The van der Waals surface area contributed by atoms with E-state index in [1.165, 1.54) is 11.3 Å². The molecule has 11 aromatic rings. The summed E-state index contributed by atoms with van der Waals surface area (Å²) in [6, 6.07) is 39.9. The van der Waals surface area contributed by atoms with Crippen molar-refractivity contribution in [1.82, 2.24) is 0 Å². The lowest BCUT2D eigenvalue weighted by molar-refractivity contribution is 1.28. The van der Waals surface area contributed by atoms with Gasteiger partial charge in [-0.3, -0.25) is 0 Å². The Labute approximate surface area is 359 Å². The summed E-state index contributed by atoms with van der Waals surface area (Å²) >= 11 is 1.51. The number of hydrogen-bond donors (Lipinski definition) is 0. The van der Waals surface area contributed by atoms with Crippen LogP contribution in [0.5, 0.6) is 0 Å². The van der Waals surface area contributed by atoms with Crippen molar-refractivity contribution < 1.29 is 16.4 Å². The van der Waals surface area contributed by atoms with Crippen LogP contribution >= 0.6 is 11.3 Å². The van der Waals surface area contributed by atoms with Crippen molar-refractivity contribution in [3.63, 3.8) is 0 Å². The van der Waals surface area contributed by atoms with Crippen molar-refractivity contribution in [1.29, 1.82) is 0 Å². The van der Waals surface area contributed by atoms with Crippen molar-refractivity contribution in [2.24, 2.45) is 0 Å². The molecule has 10 aromatic carbocycles. The maximum absolute atomic E-state index is 10.0. The fourth-order valence-electron chi connectivity index (χ4n) is 7.75. The highest BCUT2D eigenvalue weighted by Gasteiger charge is 2.17. The Bertz CT molecular complexity index is 3930. The highest BCUT2D eigenvalue weighted by atomic mass is 32.1. The SMILES string of the molecule is [2H]c1c([2H])c(-c2cccc3sc4ccccc4c23)c([2H])c(N(c2c([2H])c([2H])c(-c3ccc(-c4cccc5ccccc45)cc3)c([2H])c2[2H])c2c([2H])c([2H])c(-c3cccc4ccccc34)c([2H])c2[2H])c1[2H]. The van der Waals surface area contributed by atoms with E-state index in [0.717, 1.165) is 47.0 Å². The highest BCUT2D eigenvalue weighted by molar-refractivity contribution is 7.25. The smallest absolute Gasteiger partial charge is 0.0651 e. The van der Waals surface area contributed by atoms with E-state index in [2.05, 4.69) is 0 Å². The van der Waals surface area contributed by atoms with E-state index in [9.17, 15) is 16.4 Å². The molecular weight excluding hydrogens is 719 g/mol. The lowest BCUT2D eigenvalue weighted by atomic mass is 9.96. The zero-order valence-electron chi connectivity index (χ0n) is 42.8. The van der Waals surface area contributed by atoms with E-state index >= 15 is 0 Å². The number of benzene rings is 10. The first-order chi connectivity index (χ1) is 33.8. The standard InChI is InChI=1S/C56H37NS/c1-3-17-48-40(11-1)13-8-20-50(48)42-27-25-38(26-28-42)39-29-33-45(34-30-39)57(46-35-31-43(32-36-46)51-21-9-14-41-12-2-4-18-49(41)51)47-16-7-15-44(37-47)52-22-10-24-55-56(52)53-19-5-6-23-54(53)58-55/h1-37H/i7D,15D,16D,29D,30D,31D,32D,33D,34D,35D,36D,37D. The third-order valence-corrected chi connectivity index (χ3v) is 11.6. The number of thiophene rings is 1. The molecule has 0 aliphatic carbocycles. The second kappa shape index (κ2) is 14.4. The van der Waals surface area contributed by atoms with Crippen LogP contribution in [0.4, 0.5) is 17.1 Å². The average Bonchev–Trinajstić information content (AvgIpc) is 3.77. The molecule has 0 unspecified atom stereocenters. The molecule has 0 spiro atoms. The normalized spacial score (nSPS) is 14.3. The Morgan fingerprint density at radius 2 is 0.862 bits per heavy atom. The molecule has 0 saturated carbocycles. The van der Waals surface area contributed by atoms with Crippen molar-refractivity contribution in [3.05, 3.63) is 224 Å². The van der Waals surface area contributed by atoms with Crippen LogP contribution < -0.4 is 4.90 Å². The second-order valence-corrected chi connectivity index (χ2v) is 15.0. The summed E-state index contributed by atoms with van der Waals surface area (Å²) < 4.78 is 117. The quantitative estimate of drug-likeness (QED) is 0.156. The molecular formula is C56H37NS. The van der Waals surface area contributed by atoms with Gasteiger partial charge in [0, 0.05) is 37.2 Å². The monoisotopic (exact) mass is 767 g/mol. The molecule has 0 atom stereocenters. The molecule has 0 aliphatic heterocycles. The fourth-order valence-corrected chi connectivity index (χ4v) is 8.88. The van der Waals surface area contributed by atoms with Gasteiger partial charge < -0.3 is 4.90 Å². The topological polar surface area (TPSA) is 3.24 Å². The number of fused-ring (bicyclic) bond motifs is 5. The van der Waals surface area contributed by atoms with Crippen molar-refractivity contribution in [3.8, 4) is 44.5 Å². The zero-order valence-corrected chi connectivity index (χ0v) is 31.6. The Morgan fingerprint density at radius 3 is 1.55 bits per heavy atom. The molecule has 58 heavy (non-hydrogen) atoms. The third kappa shape index (κ3) is 6.03. The molecule has 0 fully saturated rings. The van der Waals surface area contributed by atoms with Gasteiger partial charge in [-0.2, -0.15) is 0 Å². The molecule has 0 saturated heterocycles. The summed E-state index contributed by atoms with van der Waals surface area (Å²) in [5.41, 5.74) is 1.23. The zero-order chi connectivity index (χ0) is 48.9. The van der Waals surface area contributed by atoms with E-state index in [-0.39, 0.29) is 16.7 Å². The van der Waals surface area contributed by atoms with Gasteiger partial charge >= 0.3 is 0 Å². The Hall–Kier alpha value is -7.26. The number of nitrogens with zero attached hydrogens (tertiary/aromatic N) is 1. The Balaban J connectivity index is 1.19. The highest BCUT2D eigenvalue weighted by Crippen LogP contribution is 2.43. The van der Waals surface area contributed by atoms with Gasteiger partial charge in [0.15, 0.2) is 0 Å². The Kier molecular flexibility index (Phi) is 5.87. The first kappa shape index (κ1) is 23.7. The van der Waals surface area contributed by atoms with Crippen LogP contribution in [0.15, 0.2) is 224 Å². The minimum Gasteiger partial charge on any atom is -0.310 e. The first-order valence-corrected chi connectivity index (χ1v) is 19.7. The van der Waals surface area contributed by atoms with Crippen LogP contribution in [0.3, 0.4) is 0 Å². The van der Waals surface area contributed by atoms with Crippen LogP contribution in [-0.4, -0.2) is 0 Å². The van der Waals surface area contributed by atoms with E-state index in [0.29, 0.717) is 27.5 Å². The molecule has 0 amide bonds. The van der Waals surface area contributed by atoms with E-state index in [1.807, 2.05) is 109 Å². The maximum Gasteiger partial charge on any atom is 0.0651 e. The van der Waals surface area contributed by atoms with E-state index < -0.39 is 89.6 Å². The first-order valence-electron chi connectivity index (χ1n) is 24.9. The lowest BCUT2D eigenvalue weighted by Crippen LogP contribution is -2.10. The van der Waals surface area contributed by atoms with E-state index in [1.54, 1.807) is 42.5 Å². The van der Waals surface area contributed by atoms with Crippen molar-refractivity contribution in [2.75, 3.05) is 4.90 Å². The molecule has 0 aliphatic rings. The maximum atomic E-state index is 10.0. The van der Waals surface area contributed by atoms with Crippen LogP contribution in [0, 0.1) is 0 Å². The molecule has 1 aromatic heterocycles. The average molecular weight is 768 g/mol. The molecule has 1 heterocycles. The van der Waals surface area contributed by atoms with Gasteiger partial charge in [-0.15, -0.1) is 11.3 Å². The van der Waals surface area contributed by atoms with Gasteiger partial charge in [-0.05, 0) is 114 Å². The summed E-state index contributed by atoms with van der Waals surface area (Å²) in [5, 5.41) is 5.09. The van der Waals surface area contributed by atoms with Crippen molar-refractivity contribution in [2.45, 2.75) is 0 Å². The van der Waals surface area contributed by atoms with Crippen LogP contribution in [0.25, 0.3) is 86.2 Å². The molecule has 0 N–H and O–H groups in total. The number of rotatable bonds is 7. The fraction of sp³-hybridized carbons (Fsp3) is 0. The van der Waals surface area contributed by atoms with Crippen LogP contribution in [0.1, 0.15) is 16.4 Å². The molecule has 2 heteroatoms. The third-order valence-electron chi connectivity index (χ3n) is 10.5. The van der Waals surface area contributed by atoms with Gasteiger partial charge in [-0.25, -0.2) is 0 Å². The largest absolute Gasteiger partial charge is 0.310 e. The van der Waals surface area contributed by atoms with E-state index in [4.69, 9.17) is 0 Å². The predicted molar refractivity (Wildman–Crippen MR) is 251 cm³/mol. The minimum atomic E-state index is -0.721. The summed E-state index contributed by atoms with van der Waals surface area (Å²) in [6.07, 6.45) is 0.